The van der Waals surface area contributed by atoms with Crippen LogP contribution in [0.1, 0.15) is 52.4 Å². The van der Waals surface area contributed by atoms with Gasteiger partial charge in [0.1, 0.15) is 0 Å². The Morgan fingerprint density at radius 2 is 2.14 bits per heavy atom. The monoisotopic (exact) mass is 198 g/mol. The highest BCUT2D eigenvalue weighted by molar-refractivity contribution is 4.74. The van der Waals surface area contributed by atoms with Gasteiger partial charge in [-0.2, -0.15) is 0 Å². The molecule has 2 heteroatoms. The third kappa shape index (κ3) is 3.97. The molecule has 1 rings (SSSR count). The van der Waals surface area contributed by atoms with E-state index in [1.165, 1.54) is 51.6 Å². The van der Waals surface area contributed by atoms with Crippen LogP contribution < -0.4 is 5.73 Å². The van der Waals surface area contributed by atoms with Gasteiger partial charge in [-0.05, 0) is 45.7 Å². The summed E-state index contributed by atoms with van der Waals surface area (Å²) in [6.07, 6.45) is 7.76. The molecule has 1 fully saturated rings. The van der Waals surface area contributed by atoms with Crippen LogP contribution in [0.5, 0.6) is 0 Å². The SMILES string of the molecule is CCCC(N)CCN1CCCCC1C. The van der Waals surface area contributed by atoms with Crippen LogP contribution in [0.15, 0.2) is 0 Å². The van der Waals surface area contributed by atoms with Crippen molar-refractivity contribution in [3.8, 4) is 0 Å². The summed E-state index contributed by atoms with van der Waals surface area (Å²) < 4.78 is 0. The third-order valence-corrected chi connectivity index (χ3v) is 3.39. The molecule has 0 amide bonds. The van der Waals surface area contributed by atoms with Crippen molar-refractivity contribution in [2.24, 2.45) is 5.73 Å². The van der Waals surface area contributed by atoms with Crippen LogP contribution in [0.3, 0.4) is 0 Å². The molecule has 0 aromatic carbocycles. The fraction of sp³-hybridized carbons (Fsp3) is 1.00. The second kappa shape index (κ2) is 6.41. The summed E-state index contributed by atoms with van der Waals surface area (Å²) in [6.45, 7) is 7.07. The lowest BCUT2D eigenvalue weighted by atomic mass is 10.0. The molecule has 1 aliphatic heterocycles. The van der Waals surface area contributed by atoms with Crippen molar-refractivity contribution < 1.29 is 0 Å². The minimum absolute atomic E-state index is 0.425. The van der Waals surface area contributed by atoms with Crippen LogP contribution in [-0.4, -0.2) is 30.1 Å². The Morgan fingerprint density at radius 3 is 2.79 bits per heavy atom. The summed E-state index contributed by atoms with van der Waals surface area (Å²) in [4.78, 5) is 2.61. The van der Waals surface area contributed by atoms with Crippen molar-refractivity contribution in [2.45, 2.75) is 64.5 Å². The highest BCUT2D eigenvalue weighted by Gasteiger charge is 2.17. The summed E-state index contributed by atoms with van der Waals surface area (Å²) in [5.41, 5.74) is 6.02. The summed E-state index contributed by atoms with van der Waals surface area (Å²) in [6, 6.07) is 1.21. The predicted octanol–water partition coefficient (Wildman–Crippen LogP) is 2.38. The molecule has 0 radical (unpaired) electrons. The number of likely N-dealkylation sites (tertiary alicyclic amines) is 1. The van der Waals surface area contributed by atoms with E-state index in [-0.39, 0.29) is 0 Å². The first-order valence-corrected chi connectivity index (χ1v) is 6.23. The summed E-state index contributed by atoms with van der Waals surface area (Å²) in [5.74, 6) is 0. The van der Waals surface area contributed by atoms with Gasteiger partial charge < -0.3 is 10.6 Å². The molecule has 0 aliphatic carbocycles. The van der Waals surface area contributed by atoms with Crippen molar-refractivity contribution in [3.05, 3.63) is 0 Å². The van der Waals surface area contributed by atoms with E-state index in [1.54, 1.807) is 0 Å². The molecule has 1 aliphatic rings. The van der Waals surface area contributed by atoms with Gasteiger partial charge in [0.25, 0.3) is 0 Å². The molecule has 0 saturated carbocycles. The minimum Gasteiger partial charge on any atom is -0.328 e. The second-order valence-corrected chi connectivity index (χ2v) is 4.72. The average molecular weight is 198 g/mol. The molecule has 2 unspecified atom stereocenters. The van der Waals surface area contributed by atoms with E-state index in [2.05, 4.69) is 18.7 Å². The van der Waals surface area contributed by atoms with E-state index < -0.39 is 0 Å². The van der Waals surface area contributed by atoms with E-state index in [4.69, 9.17) is 5.73 Å². The van der Waals surface area contributed by atoms with Crippen LogP contribution in [0, 0.1) is 0 Å². The Labute approximate surface area is 88.8 Å². The van der Waals surface area contributed by atoms with Crippen molar-refractivity contribution in [1.82, 2.24) is 4.90 Å². The Balaban J connectivity index is 2.15. The number of nitrogens with zero attached hydrogens (tertiary/aromatic N) is 1. The number of rotatable bonds is 5. The Kier molecular flexibility index (Phi) is 5.49. The highest BCUT2D eigenvalue weighted by atomic mass is 15.2. The van der Waals surface area contributed by atoms with Crippen molar-refractivity contribution in [3.63, 3.8) is 0 Å². The average Bonchev–Trinajstić information content (AvgIpc) is 2.17. The highest BCUT2D eigenvalue weighted by Crippen LogP contribution is 2.16. The largest absolute Gasteiger partial charge is 0.328 e. The van der Waals surface area contributed by atoms with Gasteiger partial charge in [0.05, 0.1) is 0 Å². The molecule has 1 saturated heterocycles. The maximum Gasteiger partial charge on any atom is 0.00669 e. The molecular weight excluding hydrogens is 172 g/mol. The zero-order valence-corrected chi connectivity index (χ0v) is 9.84. The van der Waals surface area contributed by atoms with E-state index in [0.717, 1.165) is 6.04 Å². The van der Waals surface area contributed by atoms with Crippen molar-refractivity contribution in [2.75, 3.05) is 13.1 Å². The molecule has 0 aromatic rings. The van der Waals surface area contributed by atoms with Crippen molar-refractivity contribution in [1.29, 1.82) is 0 Å². The maximum atomic E-state index is 6.02. The summed E-state index contributed by atoms with van der Waals surface area (Å²) >= 11 is 0. The van der Waals surface area contributed by atoms with E-state index in [0.29, 0.717) is 6.04 Å². The zero-order chi connectivity index (χ0) is 10.4. The smallest absolute Gasteiger partial charge is 0.00669 e. The fourth-order valence-corrected chi connectivity index (χ4v) is 2.34. The molecule has 2 N–H and O–H groups in total. The van der Waals surface area contributed by atoms with Gasteiger partial charge in [-0.1, -0.05) is 19.8 Å². The number of hydrogen-bond donors (Lipinski definition) is 1. The van der Waals surface area contributed by atoms with Gasteiger partial charge in [-0.15, -0.1) is 0 Å². The Hall–Kier alpha value is -0.0800. The number of hydrogen-bond acceptors (Lipinski definition) is 2. The van der Waals surface area contributed by atoms with Crippen LogP contribution in [-0.2, 0) is 0 Å². The second-order valence-electron chi connectivity index (χ2n) is 4.72. The molecule has 84 valence electrons. The molecular formula is C12H26N2. The maximum absolute atomic E-state index is 6.02. The lowest BCUT2D eigenvalue weighted by molar-refractivity contribution is 0.155. The van der Waals surface area contributed by atoms with Crippen LogP contribution >= 0.6 is 0 Å². The molecule has 14 heavy (non-hydrogen) atoms. The minimum atomic E-state index is 0.425. The summed E-state index contributed by atoms with van der Waals surface area (Å²) in [7, 11) is 0. The van der Waals surface area contributed by atoms with E-state index in [1.807, 2.05) is 0 Å². The lowest BCUT2D eigenvalue weighted by Gasteiger charge is -2.33. The Bertz CT molecular complexity index is 147. The quantitative estimate of drug-likeness (QED) is 0.735. The van der Waals surface area contributed by atoms with Gasteiger partial charge in [-0.3, -0.25) is 0 Å². The van der Waals surface area contributed by atoms with E-state index in [9.17, 15) is 0 Å². The first-order valence-electron chi connectivity index (χ1n) is 6.23. The molecule has 0 bridgehead atoms. The Morgan fingerprint density at radius 1 is 1.36 bits per heavy atom. The molecule has 2 nitrogen and oxygen atoms in total. The number of piperidine rings is 1. The van der Waals surface area contributed by atoms with Gasteiger partial charge >= 0.3 is 0 Å². The lowest BCUT2D eigenvalue weighted by Crippen LogP contribution is -2.40. The summed E-state index contributed by atoms with van der Waals surface area (Å²) in [5, 5.41) is 0. The topological polar surface area (TPSA) is 29.3 Å². The number of nitrogens with two attached hydrogens (primary N) is 1. The normalized spacial score (nSPS) is 26.4. The third-order valence-electron chi connectivity index (χ3n) is 3.39. The molecule has 0 aromatic heterocycles. The van der Waals surface area contributed by atoms with E-state index >= 15 is 0 Å². The van der Waals surface area contributed by atoms with Gasteiger partial charge in [-0.25, -0.2) is 0 Å². The van der Waals surface area contributed by atoms with Crippen LogP contribution in [0.4, 0.5) is 0 Å². The van der Waals surface area contributed by atoms with Crippen molar-refractivity contribution >= 4 is 0 Å². The fourth-order valence-electron chi connectivity index (χ4n) is 2.34. The first kappa shape index (κ1) is 12.0. The molecule has 1 heterocycles. The standard InChI is InChI=1S/C12H26N2/c1-3-6-12(13)8-10-14-9-5-4-7-11(14)2/h11-12H,3-10,13H2,1-2H3. The van der Waals surface area contributed by atoms with Crippen LogP contribution in [0.2, 0.25) is 0 Å². The molecule has 2 atom stereocenters. The van der Waals surface area contributed by atoms with Crippen LogP contribution in [0.25, 0.3) is 0 Å². The van der Waals surface area contributed by atoms with Gasteiger partial charge in [0, 0.05) is 12.1 Å². The first-order chi connectivity index (χ1) is 6.74. The van der Waals surface area contributed by atoms with Gasteiger partial charge in [0.15, 0.2) is 0 Å². The predicted molar refractivity (Wildman–Crippen MR) is 62.4 cm³/mol. The molecule has 0 spiro atoms. The zero-order valence-electron chi connectivity index (χ0n) is 9.84. The van der Waals surface area contributed by atoms with Gasteiger partial charge in [0.2, 0.25) is 0 Å².